The number of aromatic nitrogens is 2. The van der Waals surface area contributed by atoms with E-state index < -0.39 is 6.10 Å². The fourth-order valence-corrected chi connectivity index (χ4v) is 4.11. The van der Waals surface area contributed by atoms with E-state index in [4.69, 9.17) is 4.74 Å². The van der Waals surface area contributed by atoms with Gasteiger partial charge in [-0.1, -0.05) is 0 Å². The van der Waals surface area contributed by atoms with Crippen LogP contribution in [0.15, 0.2) is 55.0 Å². The molecule has 0 aliphatic carbocycles. The molecule has 8 nitrogen and oxygen atoms in total. The van der Waals surface area contributed by atoms with Gasteiger partial charge in [-0.3, -0.25) is 14.8 Å². The number of aliphatic hydroxyl groups excluding tert-OH is 1. The van der Waals surface area contributed by atoms with Gasteiger partial charge in [0, 0.05) is 30.4 Å². The summed E-state index contributed by atoms with van der Waals surface area (Å²) in [7, 11) is 1.63. The lowest BCUT2D eigenvalue weighted by Crippen LogP contribution is -2.45. The number of aliphatic hydroxyl groups is 1. The second-order valence-electron chi connectivity index (χ2n) is 8.04. The summed E-state index contributed by atoms with van der Waals surface area (Å²) in [5.41, 5.74) is 2.40. The predicted molar refractivity (Wildman–Crippen MR) is 124 cm³/mol. The third kappa shape index (κ3) is 5.59. The van der Waals surface area contributed by atoms with Crippen molar-refractivity contribution in [3.8, 4) is 5.75 Å². The number of nitrogens with one attached hydrogen (secondary N) is 2. The molecule has 1 atom stereocenters. The highest BCUT2D eigenvalue weighted by Crippen LogP contribution is 2.27. The highest BCUT2D eigenvalue weighted by atomic mass is 16.5. The maximum absolute atomic E-state index is 12.1. The number of benzene rings is 1. The maximum atomic E-state index is 12.1. The minimum atomic E-state index is -0.609. The van der Waals surface area contributed by atoms with Gasteiger partial charge in [-0.2, -0.15) is 0 Å². The van der Waals surface area contributed by atoms with Crippen LogP contribution in [0.4, 0.5) is 5.69 Å². The molecule has 1 saturated heterocycles. The highest BCUT2D eigenvalue weighted by Gasteiger charge is 2.23. The average Bonchev–Trinajstić information content (AvgIpc) is 2.83. The molecule has 2 aromatic heterocycles. The zero-order valence-electron chi connectivity index (χ0n) is 18.2. The predicted octanol–water partition coefficient (Wildman–Crippen LogP) is 2.36. The van der Waals surface area contributed by atoms with Gasteiger partial charge in [-0.15, -0.1) is 0 Å². The monoisotopic (exact) mass is 435 g/mol. The second-order valence-corrected chi connectivity index (χ2v) is 8.04. The molecule has 0 saturated carbocycles. The van der Waals surface area contributed by atoms with Crippen molar-refractivity contribution in [2.75, 3.05) is 38.6 Å². The van der Waals surface area contributed by atoms with Crippen LogP contribution in [0.25, 0.3) is 10.9 Å². The third-order valence-corrected chi connectivity index (χ3v) is 5.86. The Kier molecular flexibility index (Phi) is 7.26. The molecule has 1 fully saturated rings. The number of methoxy groups -OCH3 is 1. The summed E-state index contributed by atoms with van der Waals surface area (Å²) >= 11 is 0. The number of fused-ring (bicyclic) bond motifs is 1. The minimum Gasteiger partial charge on any atom is -0.497 e. The van der Waals surface area contributed by atoms with E-state index >= 15 is 0 Å². The van der Waals surface area contributed by atoms with Gasteiger partial charge in [0.15, 0.2) is 0 Å². The lowest BCUT2D eigenvalue weighted by Gasteiger charge is -2.33. The van der Waals surface area contributed by atoms with Crippen LogP contribution in [-0.2, 0) is 4.79 Å². The first-order chi connectivity index (χ1) is 15.6. The molecular weight excluding hydrogens is 406 g/mol. The molecular formula is C24H29N5O3. The lowest BCUT2D eigenvalue weighted by atomic mass is 10.0. The number of hydrogen-bond acceptors (Lipinski definition) is 7. The van der Waals surface area contributed by atoms with Crippen LogP contribution >= 0.6 is 0 Å². The van der Waals surface area contributed by atoms with Gasteiger partial charge in [0.25, 0.3) is 0 Å². The molecule has 0 bridgehead atoms. The van der Waals surface area contributed by atoms with Crippen LogP contribution in [0.3, 0.4) is 0 Å². The van der Waals surface area contributed by atoms with Crippen molar-refractivity contribution in [1.82, 2.24) is 20.2 Å². The van der Waals surface area contributed by atoms with Gasteiger partial charge in [-0.25, -0.2) is 0 Å². The van der Waals surface area contributed by atoms with Crippen LogP contribution in [0, 0.1) is 0 Å². The number of anilines is 1. The summed E-state index contributed by atoms with van der Waals surface area (Å²) in [6, 6.07) is 11.5. The topological polar surface area (TPSA) is 99.6 Å². The van der Waals surface area contributed by atoms with Crippen molar-refractivity contribution in [1.29, 1.82) is 0 Å². The molecule has 1 amide bonds. The molecule has 4 rings (SSSR count). The van der Waals surface area contributed by atoms with Crippen LogP contribution < -0.4 is 15.4 Å². The second kappa shape index (κ2) is 10.5. The van der Waals surface area contributed by atoms with Gasteiger partial charge in [0.2, 0.25) is 5.91 Å². The largest absolute Gasteiger partial charge is 0.497 e. The number of piperidine rings is 1. The summed E-state index contributed by atoms with van der Waals surface area (Å²) in [6.07, 6.45) is 6.29. The Morgan fingerprint density at radius 3 is 2.84 bits per heavy atom. The van der Waals surface area contributed by atoms with E-state index in [1.54, 1.807) is 31.8 Å². The zero-order chi connectivity index (χ0) is 22.3. The molecule has 168 valence electrons. The molecule has 32 heavy (non-hydrogen) atoms. The van der Waals surface area contributed by atoms with E-state index in [1.165, 1.54) is 0 Å². The van der Waals surface area contributed by atoms with Crippen molar-refractivity contribution < 1.29 is 14.6 Å². The number of ether oxygens (including phenoxy) is 1. The van der Waals surface area contributed by atoms with Crippen LogP contribution in [0.1, 0.15) is 24.5 Å². The van der Waals surface area contributed by atoms with E-state index in [1.807, 2.05) is 30.3 Å². The van der Waals surface area contributed by atoms with E-state index in [2.05, 4.69) is 25.5 Å². The molecule has 1 aliphatic heterocycles. The summed E-state index contributed by atoms with van der Waals surface area (Å²) in [5.74, 6) is 0.675. The number of nitrogens with zero attached hydrogens (tertiary/aromatic N) is 3. The van der Waals surface area contributed by atoms with E-state index in [9.17, 15) is 9.90 Å². The van der Waals surface area contributed by atoms with Crippen molar-refractivity contribution >= 4 is 22.5 Å². The number of β-amino-alcohol motifs (C(OH)–C–C–N with tert-alkyl or cyclic N) is 1. The Bertz CT molecular complexity index is 1040. The van der Waals surface area contributed by atoms with Crippen molar-refractivity contribution in [2.45, 2.75) is 25.0 Å². The summed E-state index contributed by atoms with van der Waals surface area (Å²) < 4.78 is 5.33. The third-order valence-electron chi connectivity index (χ3n) is 5.86. The molecule has 3 N–H and O–H groups in total. The number of carbonyl (C=O) groups excluding carboxylic acids is 1. The summed E-state index contributed by atoms with van der Waals surface area (Å²) in [5, 5.41) is 18.0. The molecule has 3 heterocycles. The van der Waals surface area contributed by atoms with Gasteiger partial charge >= 0.3 is 0 Å². The van der Waals surface area contributed by atoms with E-state index in [0.29, 0.717) is 12.2 Å². The molecule has 8 heteroatoms. The SMILES string of the molecule is COc1ccc2nccc([C@H](O)CN3CCC(NCC(=O)Nc4cccnc4)CC3)c2c1. The van der Waals surface area contributed by atoms with Crippen LogP contribution in [0.2, 0.25) is 0 Å². The summed E-state index contributed by atoms with van der Waals surface area (Å²) in [6.45, 7) is 2.56. The number of rotatable bonds is 8. The maximum Gasteiger partial charge on any atom is 0.238 e. The quantitative estimate of drug-likeness (QED) is 0.499. The lowest BCUT2D eigenvalue weighted by molar-refractivity contribution is -0.115. The van der Waals surface area contributed by atoms with E-state index in [-0.39, 0.29) is 18.5 Å². The Morgan fingerprint density at radius 2 is 2.09 bits per heavy atom. The first-order valence-corrected chi connectivity index (χ1v) is 10.9. The normalized spacial score (nSPS) is 16.1. The first kappa shape index (κ1) is 22.1. The number of carbonyl (C=O) groups is 1. The van der Waals surface area contributed by atoms with Crippen molar-refractivity contribution in [3.63, 3.8) is 0 Å². The first-order valence-electron chi connectivity index (χ1n) is 10.9. The number of likely N-dealkylation sites (tertiary alicyclic amines) is 1. The van der Waals surface area contributed by atoms with Gasteiger partial charge in [0.1, 0.15) is 5.75 Å². The molecule has 1 aromatic carbocycles. The standard InChI is InChI=1S/C24H29N5O3/c1-32-19-4-5-22-21(13-19)20(6-10-26-22)23(30)16-29-11-7-17(8-12-29)27-15-24(31)28-18-3-2-9-25-14-18/h2-6,9-10,13-14,17,23,27,30H,7-8,11-12,15-16H2,1H3,(H,28,31)/t23-/m1/s1. The number of pyridine rings is 2. The fraction of sp³-hybridized carbons (Fsp3) is 0.375. The Morgan fingerprint density at radius 1 is 1.25 bits per heavy atom. The molecule has 0 radical (unpaired) electrons. The zero-order valence-corrected chi connectivity index (χ0v) is 18.2. The average molecular weight is 436 g/mol. The fourth-order valence-electron chi connectivity index (χ4n) is 4.11. The molecule has 0 spiro atoms. The summed E-state index contributed by atoms with van der Waals surface area (Å²) in [4.78, 5) is 22.8. The minimum absolute atomic E-state index is 0.0733. The van der Waals surface area contributed by atoms with Gasteiger partial charge in [-0.05, 0) is 67.9 Å². The van der Waals surface area contributed by atoms with Crippen LogP contribution in [-0.4, -0.2) is 65.2 Å². The van der Waals surface area contributed by atoms with E-state index in [0.717, 1.165) is 48.1 Å². The Hall–Kier alpha value is -3.07. The molecule has 1 aliphatic rings. The van der Waals surface area contributed by atoms with Gasteiger partial charge in [0.05, 0.1) is 37.2 Å². The highest BCUT2D eigenvalue weighted by molar-refractivity contribution is 5.92. The number of amides is 1. The van der Waals surface area contributed by atoms with Crippen molar-refractivity contribution in [2.24, 2.45) is 0 Å². The Balaban J connectivity index is 1.26. The smallest absolute Gasteiger partial charge is 0.238 e. The van der Waals surface area contributed by atoms with Crippen LogP contribution in [0.5, 0.6) is 5.75 Å². The van der Waals surface area contributed by atoms with Gasteiger partial charge < -0.3 is 25.4 Å². The number of hydrogen-bond donors (Lipinski definition) is 3. The molecule has 0 unspecified atom stereocenters. The van der Waals surface area contributed by atoms with Crippen molar-refractivity contribution in [3.05, 3.63) is 60.6 Å². The molecule has 3 aromatic rings. The Labute approximate surface area is 187 Å².